The highest BCUT2D eigenvalue weighted by molar-refractivity contribution is 4.90. The van der Waals surface area contributed by atoms with E-state index < -0.39 is 6.17 Å². The number of hydrogen-bond acceptors (Lipinski definition) is 2. The second kappa shape index (κ2) is 4.79. The van der Waals surface area contributed by atoms with Gasteiger partial charge in [-0.1, -0.05) is 0 Å². The summed E-state index contributed by atoms with van der Waals surface area (Å²) in [6.45, 7) is 6.06. The van der Waals surface area contributed by atoms with Crippen molar-refractivity contribution in [3.63, 3.8) is 0 Å². The van der Waals surface area contributed by atoms with Crippen LogP contribution in [0.15, 0.2) is 0 Å². The van der Waals surface area contributed by atoms with E-state index in [2.05, 4.69) is 18.7 Å². The second-order valence-electron chi connectivity index (χ2n) is 5.14. The molecule has 0 unspecified atom stereocenters. The maximum atomic E-state index is 12.9. The van der Waals surface area contributed by atoms with Crippen LogP contribution in [-0.2, 0) is 4.74 Å². The number of ether oxygens (including phenoxy) is 1. The van der Waals surface area contributed by atoms with Gasteiger partial charge < -0.3 is 4.74 Å². The van der Waals surface area contributed by atoms with Crippen LogP contribution in [0.3, 0.4) is 0 Å². The Balaban J connectivity index is 1.66. The van der Waals surface area contributed by atoms with Crippen LogP contribution in [0.4, 0.5) is 4.39 Å². The molecule has 2 nitrogen and oxygen atoms in total. The van der Waals surface area contributed by atoms with E-state index >= 15 is 0 Å². The fourth-order valence-electron chi connectivity index (χ4n) is 2.57. The zero-order valence-electron chi connectivity index (χ0n) is 9.79. The lowest BCUT2D eigenvalue weighted by molar-refractivity contribution is -0.0819. The van der Waals surface area contributed by atoms with Gasteiger partial charge in [0.1, 0.15) is 6.17 Å². The number of nitrogens with zero attached hydrogens (tertiary/aromatic N) is 1. The van der Waals surface area contributed by atoms with Crippen molar-refractivity contribution >= 4 is 0 Å². The molecule has 3 heteroatoms. The molecule has 0 amide bonds. The summed E-state index contributed by atoms with van der Waals surface area (Å²) in [5.41, 5.74) is 0. The van der Waals surface area contributed by atoms with Crippen LogP contribution in [0.25, 0.3) is 0 Å². The maximum absolute atomic E-state index is 12.9. The normalized spacial score (nSPS) is 34.4. The van der Waals surface area contributed by atoms with Crippen molar-refractivity contribution < 1.29 is 9.13 Å². The number of halogens is 1. The molecule has 1 saturated carbocycles. The largest absolute Gasteiger partial charge is 0.375 e. The monoisotopic (exact) mass is 215 g/mol. The Morgan fingerprint density at radius 1 is 1.20 bits per heavy atom. The molecule has 0 radical (unpaired) electrons. The predicted octanol–water partition coefficient (Wildman–Crippen LogP) is 2.38. The Labute approximate surface area is 91.8 Å². The molecular weight excluding hydrogens is 193 g/mol. The molecule has 0 aromatic carbocycles. The summed E-state index contributed by atoms with van der Waals surface area (Å²) in [5, 5.41) is 0. The molecule has 1 aliphatic carbocycles. The maximum Gasteiger partial charge on any atom is 0.103 e. The zero-order chi connectivity index (χ0) is 10.8. The van der Waals surface area contributed by atoms with Crippen LogP contribution in [0.1, 0.15) is 39.5 Å². The Hall–Kier alpha value is -0.150. The van der Waals surface area contributed by atoms with Crippen molar-refractivity contribution in [1.29, 1.82) is 0 Å². The minimum absolute atomic E-state index is 0.340. The summed E-state index contributed by atoms with van der Waals surface area (Å²) >= 11 is 0. The molecular formula is C12H22FNO. The molecule has 0 bridgehead atoms. The second-order valence-corrected chi connectivity index (χ2v) is 5.14. The lowest BCUT2D eigenvalue weighted by atomic mass is 9.86. The van der Waals surface area contributed by atoms with Gasteiger partial charge in [-0.15, -0.1) is 0 Å². The van der Waals surface area contributed by atoms with E-state index in [1.165, 1.54) is 0 Å². The van der Waals surface area contributed by atoms with Crippen LogP contribution in [0.2, 0.25) is 0 Å². The molecule has 0 N–H and O–H groups in total. The Kier molecular flexibility index (Phi) is 3.62. The molecule has 1 aliphatic heterocycles. The van der Waals surface area contributed by atoms with Crippen molar-refractivity contribution in [2.24, 2.45) is 0 Å². The van der Waals surface area contributed by atoms with Crippen molar-refractivity contribution in [2.75, 3.05) is 13.1 Å². The molecule has 0 aromatic heterocycles. The van der Waals surface area contributed by atoms with E-state index in [0.717, 1.165) is 38.8 Å². The summed E-state index contributed by atoms with van der Waals surface area (Å²) in [6.07, 6.45) is 4.00. The van der Waals surface area contributed by atoms with Crippen molar-refractivity contribution in [2.45, 2.75) is 64.0 Å². The molecule has 15 heavy (non-hydrogen) atoms. The number of likely N-dealkylation sites (tertiary alicyclic amines) is 1. The van der Waals surface area contributed by atoms with E-state index in [4.69, 9.17) is 4.74 Å². The molecule has 88 valence electrons. The molecule has 2 aliphatic rings. The third-order valence-electron chi connectivity index (χ3n) is 3.51. The lowest BCUT2D eigenvalue weighted by Crippen LogP contribution is -2.51. The SMILES string of the molecule is CC(C)OC1CC(N2CCC(F)CC2)C1. The minimum atomic E-state index is -0.552. The Morgan fingerprint density at radius 3 is 2.33 bits per heavy atom. The van der Waals surface area contributed by atoms with Crippen LogP contribution in [0, 0.1) is 0 Å². The van der Waals surface area contributed by atoms with Crippen LogP contribution >= 0.6 is 0 Å². The topological polar surface area (TPSA) is 12.5 Å². The van der Waals surface area contributed by atoms with Gasteiger partial charge in [0.15, 0.2) is 0 Å². The molecule has 2 rings (SSSR count). The van der Waals surface area contributed by atoms with Gasteiger partial charge in [0.05, 0.1) is 12.2 Å². The number of hydrogen-bond donors (Lipinski definition) is 0. The highest BCUT2D eigenvalue weighted by Gasteiger charge is 2.36. The first-order valence-corrected chi connectivity index (χ1v) is 6.18. The van der Waals surface area contributed by atoms with E-state index in [-0.39, 0.29) is 0 Å². The van der Waals surface area contributed by atoms with Gasteiger partial charge in [-0.25, -0.2) is 4.39 Å². The number of piperidine rings is 1. The molecule has 0 spiro atoms. The average molecular weight is 215 g/mol. The molecule has 1 saturated heterocycles. The fraction of sp³-hybridized carbons (Fsp3) is 1.00. The number of alkyl halides is 1. The predicted molar refractivity (Wildman–Crippen MR) is 58.7 cm³/mol. The van der Waals surface area contributed by atoms with Crippen LogP contribution in [-0.4, -0.2) is 42.4 Å². The molecule has 0 atom stereocenters. The van der Waals surface area contributed by atoms with Gasteiger partial charge in [0.25, 0.3) is 0 Å². The average Bonchev–Trinajstić information content (AvgIpc) is 2.12. The third kappa shape index (κ3) is 2.91. The van der Waals surface area contributed by atoms with E-state index in [0.29, 0.717) is 18.2 Å². The fourth-order valence-corrected chi connectivity index (χ4v) is 2.57. The first-order valence-electron chi connectivity index (χ1n) is 6.18. The Morgan fingerprint density at radius 2 is 1.80 bits per heavy atom. The Bertz CT molecular complexity index is 196. The van der Waals surface area contributed by atoms with Gasteiger partial charge in [-0.3, -0.25) is 4.90 Å². The van der Waals surface area contributed by atoms with Crippen molar-refractivity contribution in [3.05, 3.63) is 0 Å². The van der Waals surface area contributed by atoms with Crippen LogP contribution in [0.5, 0.6) is 0 Å². The van der Waals surface area contributed by atoms with Gasteiger partial charge in [-0.05, 0) is 39.5 Å². The summed E-state index contributed by atoms with van der Waals surface area (Å²) in [7, 11) is 0. The number of rotatable bonds is 3. The summed E-state index contributed by atoms with van der Waals surface area (Å²) in [4.78, 5) is 2.44. The van der Waals surface area contributed by atoms with E-state index in [1.807, 2.05) is 0 Å². The van der Waals surface area contributed by atoms with E-state index in [9.17, 15) is 4.39 Å². The third-order valence-corrected chi connectivity index (χ3v) is 3.51. The lowest BCUT2D eigenvalue weighted by Gasteiger charge is -2.45. The highest BCUT2D eigenvalue weighted by Crippen LogP contribution is 2.31. The summed E-state index contributed by atoms with van der Waals surface area (Å²) in [5.74, 6) is 0. The first kappa shape index (κ1) is 11.3. The highest BCUT2D eigenvalue weighted by atomic mass is 19.1. The van der Waals surface area contributed by atoms with Gasteiger partial charge in [-0.2, -0.15) is 0 Å². The van der Waals surface area contributed by atoms with Gasteiger partial charge >= 0.3 is 0 Å². The van der Waals surface area contributed by atoms with Crippen molar-refractivity contribution in [3.8, 4) is 0 Å². The summed E-state index contributed by atoms with van der Waals surface area (Å²) < 4.78 is 18.7. The zero-order valence-corrected chi connectivity index (χ0v) is 9.79. The molecule has 1 heterocycles. The smallest absolute Gasteiger partial charge is 0.103 e. The minimum Gasteiger partial charge on any atom is -0.375 e. The van der Waals surface area contributed by atoms with Gasteiger partial charge in [0, 0.05) is 19.1 Å². The van der Waals surface area contributed by atoms with Gasteiger partial charge in [0.2, 0.25) is 0 Å². The quantitative estimate of drug-likeness (QED) is 0.716. The van der Waals surface area contributed by atoms with Crippen molar-refractivity contribution in [1.82, 2.24) is 4.90 Å². The van der Waals surface area contributed by atoms with Crippen LogP contribution < -0.4 is 0 Å². The molecule has 2 fully saturated rings. The first-order chi connectivity index (χ1) is 7.15. The standard InChI is InChI=1S/C12H22FNO/c1-9(2)15-12-7-11(8-12)14-5-3-10(13)4-6-14/h9-12H,3-8H2,1-2H3. The summed E-state index contributed by atoms with van der Waals surface area (Å²) in [6, 6.07) is 0.668. The molecule has 0 aromatic rings. The van der Waals surface area contributed by atoms with E-state index in [1.54, 1.807) is 0 Å².